The Morgan fingerprint density at radius 3 is 1.75 bits per heavy atom. The van der Waals surface area contributed by atoms with Gasteiger partial charge in [0.2, 0.25) is 0 Å². The second-order valence-corrected chi connectivity index (χ2v) is 3.26. The maximum absolute atomic E-state index is 12.5. The van der Waals surface area contributed by atoms with Crippen molar-refractivity contribution < 1.29 is 23.1 Å². The van der Waals surface area contributed by atoms with Gasteiger partial charge in [-0.3, -0.25) is 0 Å². The van der Waals surface area contributed by atoms with Crippen molar-refractivity contribution in [3.05, 3.63) is 47.3 Å². The summed E-state index contributed by atoms with van der Waals surface area (Å²) in [6.07, 6.45) is 0. The topological polar surface area (TPSA) is 37.3 Å². The van der Waals surface area contributed by atoms with Gasteiger partial charge < -0.3 is 5.11 Å². The standard InChI is InChI=1S/C7H3F3O2.C4H8/c8-3-1-4(9)6(7(11)12)5(10)2-3;1-4(2)3/h1-2H,(H,11,12);1H2,2-3H3. The van der Waals surface area contributed by atoms with E-state index in [0.717, 1.165) is 0 Å². The van der Waals surface area contributed by atoms with Crippen molar-refractivity contribution in [2.45, 2.75) is 13.8 Å². The van der Waals surface area contributed by atoms with Crippen molar-refractivity contribution in [1.82, 2.24) is 0 Å². The van der Waals surface area contributed by atoms with E-state index in [2.05, 4.69) is 6.58 Å². The summed E-state index contributed by atoms with van der Waals surface area (Å²) in [4.78, 5) is 10.2. The van der Waals surface area contributed by atoms with Crippen LogP contribution in [0.1, 0.15) is 24.2 Å². The summed E-state index contributed by atoms with van der Waals surface area (Å²) >= 11 is 0. The van der Waals surface area contributed by atoms with Crippen molar-refractivity contribution in [3.8, 4) is 0 Å². The molecule has 0 bridgehead atoms. The van der Waals surface area contributed by atoms with E-state index < -0.39 is 29.0 Å². The van der Waals surface area contributed by atoms with Gasteiger partial charge in [-0.15, -0.1) is 6.58 Å². The number of allylic oxidation sites excluding steroid dienone is 1. The van der Waals surface area contributed by atoms with Gasteiger partial charge in [0.25, 0.3) is 0 Å². The zero-order valence-corrected chi connectivity index (χ0v) is 8.85. The molecule has 88 valence electrons. The van der Waals surface area contributed by atoms with Gasteiger partial charge in [0, 0.05) is 12.1 Å². The molecule has 1 rings (SSSR count). The van der Waals surface area contributed by atoms with E-state index >= 15 is 0 Å². The molecule has 16 heavy (non-hydrogen) atoms. The number of hydrogen-bond donors (Lipinski definition) is 1. The Bertz CT molecular complexity index is 387. The molecule has 0 aliphatic rings. The molecule has 1 N–H and O–H groups in total. The van der Waals surface area contributed by atoms with Crippen molar-refractivity contribution in [3.63, 3.8) is 0 Å². The van der Waals surface area contributed by atoms with Gasteiger partial charge in [0.15, 0.2) is 0 Å². The molecule has 0 spiro atoms. The van der Waals surface area contributed by atoms with Gasteiger partial charge in [0.05, 0.1) is 0 Å². The molecular formula is C11H11F3O2. The summed E-state index contributed by atoms with van der Waals surface area (Å²) in [6, 6.07) is 0.624. The zero-order valence-electron chi connectivity index (χ0n) is 8.85. The lowest BCUT2D eigenvalue weighted by atomic mass is 10.2. The normalized spacial score (nSPS) is 9.06. The molecule has 0 aliphatic carbocycles. The van der Waals surface area contributed by atoms with Gasteiger partial charge in [-0.05, 0) is 13.8 Å². The third-order valence-corrected chi connectivity index (χ3v) is 1.22. The first-order chi connectivity index (χ1) is 7.25. The number of rotatable bonds is 1. The van der Waals surface area contributed by atoms with Crippen LogP contribution in [-0.2, 0) is 0 Å². The van der Waals surface area contributed by atoms with E-state index in [4.69, 9.17) is 5.11 Å². The van der Waals surface area contributed by atoms with E-state index in [1.165, 1.54) is 5.57 Å². The molecule has 0 aromatic heterocycles. The summed E-state index contributed by atoms with van der Waals surface area (Å²) in [7, 11) is 0. The molecule has 0 saturated heterocycles. The third-order valence-electron chi connectivity index (χ3n) is 1.22. The molecule has 0 fully saturated rings. The number of carboxylic acids is 1. The summed E-state index contributed by atoms with van der Waals surface area (Å²) in [6.45, 7) is 7.50. The Balaban J connectivity index is 0.000000487. The molecule has 2 nitrogen and oxygen atoms in total. The van der Waals surface area contributed by atoms with E-state index in [-0.39, 0.29) is 0 Å². The second kappa shape index (κ2) is 5.95. The second-order valence-electron chi connectivity index (χ2n) is 3.26. The quantitative estimate of drug-likeness (QED) is 0.753. The first kappa shape index (κ1) is 14.2. The molecule has 0 heterocycles. The first-order valence-electron chi connectivity index (χ1n) is 4.25. The van der Waals surface area contributed by atoms with E-state index in [1.54, 1.807) is 0 Å². The van der Waals surface area contributed by atoms with Crippen molar-refractivity contribution >= 4 is 5.97 Å². The van der Waals surface area contributed by atoms with Crippen LogP contribution in [0.2, 0.25) is 0 Å². The SMILES string of the molecule is C=C(C)C.O=C(O)c1c(F)cc(F)cc1F. The lowest BCUT2D eigenvalue weighted by molar-refractivity contribution is 0.0686. The largest absolute Gasteiger partial charge is 0.477 e. The number of benzene rings is 1. The number of carboxylic acid groups (broad SMARTS) is 1. The fraction of sp³-hybridized carbons (Fsp3) is 0.182. The minimum Gasteiger partial charge on any atom is -0.477 e. The summed E-state index contributed by atoms with van der Waals surface area (Å²) in [5, 5.41) is 8.23. The van der Waals surface area contributed by atoms with Crippen LogP contribution in [0, 0.1) is 17.5 Å². The van der Waals surface area contributed by atoms with Crippen molar-refractivity contribution in [2.24, 2.45) is 0 Å². The average Bonchev–Trinajstić information content (AvgIpc) is 1.98. The van der Waals surface area contributed by atoms with Gasteiger partial charge in [-0.2, -0.15) is 0 Å². The minimum absolute atomic E-state index is 0.312. The highest BCUT2D eigenvalue weighted by Crippen LogP contribution is 2.14. The summed E-state index contributed by atoms with van der Waals surface area (Å²) in [5.41, 5.74) is 0.0244. The Kier molecular flexibility index (Phi) is 5.29. The summed E-state index contributed by atoms with van der Waals surface area (Å²) in [5.74, 6) is -5.74. The average molecular weight is 232 g/mol. The third kappa shape index (κ3) is 4.63. The molecule has 0 aliphatic heterocycles. The number of aromatic carboxylic acids is 1. The molecular weight excluding hydrogens is 221 g/mol. The van der Waals surface area contributed by atoms with Gasteiger partial charge in [-0.1, -0.05) is 5.57 Å². The Morgan fingerprint density at radius 2 is 1.50 bits per heavy atom. The lowest BCUT2D eigenvalue weighted by Crippen LogP contribution is -2.04. The smallest absolute Gasteiger partial charge is 0.341 e. The van der Waals surface area contributed by atoms with E-state index in [9.17, 15) is 18.0 Å². The van der Waals surface area contributed by atoms with Crippen LogP contribution in [0.4, 0.5) is 13.2 Å². The molecule has 0 radical (unpaired) electrons. The Labute approximate surface area is 91.0 Å². The monoisotopic (exact) mass is 232 g/mol. The fourth-order valence-electron chi connectivity index (χ4n) is 0.747. The number of halogens is 3. The van der Waals surface area contributed by atoms with Crippen LogP contribution >= 0.6 is 0 Å². The van der Waals surface area contributed by atoms with E-state index in [1.807, 2.05) is 13.8 Å². The first-order valence-corrected chi connectivity index (χ1v) is 4.25. The fourth-order valence-corrected chi connectivity index (χ4v) is 0.747. The highest BCUT2D eigenvalue weighted by atomic mass is 19.1. The molecule has 1 aromatic rings. The van der Waals surface area contributed by atoms with Crippen LogP contribution < -0.4 is 0 Å². The summed E-state index contributed by atoms with van der Waals surface area (Å²) < 4.78 is 37.2. The molecule has 1 aromatic carbocycles. The van der Waals surface area contributed by atoms with Crippen molar-refractivity contribution in [1.29, 1.82) is 0 Å². The lowest BCUT2D eigenvalue weighted by Gasteiger charge is -1.98. The predicted molar refractivity (Wildman–Crippen MR) is 53.8 cm³/mol. The van der Waals surface area contributed by atoms with E-state index in [0.29, 0.717) is 12.1 Å². The van der Waals surface area contributed by atoms with Crippen LogP contribution in [-0.4, -0.2) is 11.1 Å². The molecule has 0 amide bonds. The Morgan fingerprint density at radius 1 is 1.19 bits per heavy atom. The van der Waals surface area contributed by atoms with Gasteiger partial charge >= 0.3 is 5.97 Å². The molecule has 5 heteroatoms. The predicted octanol–water partition coefficient (Wildman–Crippen LogP) is 3.38. The molecule has 0 saturated carbocycles. The highest BCUT2D eigenvalue weighted by molar-refractivity contribution is 5.88. The maximum atomic E-state index is 12.5. The van der Waals surface area contributed by atoms with Crippen LogP contribution in [0.25, 0.3) is 0 Å². The maximum Gasteiger partial charge on any atom is 0.341 e. The number of carbonyl (C=O) groups is 1. The Hall–Kier alpha value is -1.78. The molecule has 0 atom stereocenters. The van der Waals surface area contributed by atoms with Gasteiger partial charge in [-0.25, -0.2) is 18.0 Å². The highest BCUT2D eigenvalue weighted by Gasteiger charge is 2.17. The van der Waals surface area contributed by atoms with Crippen LogP contribution in [0.5, 0.6) is 0 Å². The van der Waals surface area contributed by atoms with Crippen LogP contribution in [0.3, 0.4) is 0 Å². The number of hydrogen-bond acceptors (Lipinski definition) is 1. The minimum atomic E-state index is -1.76. The van der Waals surface area contributed by atoms with Crippen molar-refractivity contribution in [2.75, 3.05) is 0 Å². The zero-order chi connectivity index (χ0) is 12.9. The van der Waals surface area contributed by atoms with Gasteiger partial charge in [0.1, 0.15) is 23.0 Å². The van der Waals surface area contributed by atoms with Crippen LogP contribution in [0.15, 0.2) is 24.3 Å². The molecule has 0 unspecified atom stereocenters.